The number of phenolic OH excluding ortho intramolecular Hbond substituents is 1. The molecule has 24 heavy (non-hydrogen) atoms. The Kier molecular flexibility index (Phi) is 9.48. The fourth-order valence-electron chi connectivity index (χ4n) is 3.10. The van der Waals surface area contributed by atoms with Gasteiger partial charge in [-0.05, 0) is 37.1 Å². The molecule has 1 saturated heterocycles. The summed E-state index contributed by atoms with van der Waals surface area (Å²) in [5.41, 5.74) is 6.57. The van der Waals surface area contributed by atoms with Crippen molar-refractivity contribution in [1.82, 2.24) is 4.90 Å². The maximum absolute atomic E-state index is 12.8. The van der Waals surface area contributed by atoms with Crippen molar-refractivity contribution in [2.75, 3.05) is 37.6 Å². The summed E-state index contributed by atoms with van der Waals surface area (Å²) in [5, 5.41) is 9.36. The van der Waals surface area contributed by atoms with Gasteiger partial charge in [0.1, 0.15) is 5.75 Å². The molecule has 0 unspecified atom stereocenters. The smallest absolute Gasteiger partial charge is 0.230 e. The van der Waals surface area contributed by atoms with E-state index in [-0.39, 0.29) is 36.5 Å². The van der Waals surface area contributed by atoms with Crippen LogP contribution >= 0.6 is 24.8 Å². The minimum Gasteiger partial charge on any atom is -0.508 e. The Balaban J connectivity index is 0.00000264. The molecule has 1 aliphatic rings. The molecule has 7 heteroatoms. The second-order valence-corrected chi connectivity index (χ2v) is 5.99. The van der Waals surface area contributed by atoms with Crippen LogP contribution in [0.4, 0.5) is 5.69 Å². The zero-order valence-corrected chi connectivity index (χ0v) is 16.0. The average molecular weight is 378 g/mol. The normalized spacial score (nSPS) is 14.6. The fraction of sp³-hybridized carbons (Fsp3) is 0.588. The molecule has 138 valence electrons. The van der Waals surface area contributed by atoms with Gasteiger partial charge in [-0.25, -0.2) is 0 Å². The Morgan fingerprint density at radius 2 is 1.58 bits per heavy atom. The molecule has 2 rings (SSSR count). The third kappa shape index (κ3) is 4.68. The van der Waals surface area contributed by atoms with Crippen LogP contribution in [0.15, 0.2) is 24.3 Å². The number of hydrogen-bond acceptors (Lipinski definition) is 4. The van der Waals surface area contributed by atoms with Crippen LogP contribution in [0.1, 0.15) is 26.7 Å². The van der Waals surface area contributed by atoms with E-state index in [1.165, 1.54) is 0 Å². The van der Waals surface area contributed by atoms with Crippen LogP contribution in [-0.4, -0.2) is 48.6 Å². The molecule has 1 fully saturated rings. The number of benzene rings is 1. The fourth-order valence-corrected chi connectivity index (χ4v) is 3.10. The van der Waals surface area contributed by atoms with Gasteiger partial charge in [0, 0.05) is 38.4 Å². The van der Waals surface area contributed by atoms with Gasteiger partial charge < -0.3 is 20.6 Å². The molecule has 0 radical (unpaired) electrons. The molecule has 1 heterocycles. The lowest BCUT2D eigenvalue weighted by Crippen LogP contribution is -2.54. The number of phenols is 1. The number of halogens is 2. The molecule has 0 aliphatic carbocycles. The van der Waals surface area contributed by atoms with E-state index in [9.17, 15) is 9.90 Å². The Bertz CT molecular complexity index is 491. The second-order valence-electron chi connectivity index (χ2n) is 5.99. The SMILES string of the molecule is CCC(CC)(CN)C(=O)N1CCN(c2ccc(O)cc2)CC1.Cl.Cl. The van der Waals surface area contributed by atoms with Crippen molar-refractivity contribution < 1.29 is 9.90 Å². The Morgan fingerprint density at radius 3 is 2.00 bits per heavy atom. The molecular formula is C17H29Cl2N3O2. The van der Waals surface area contributed by atoms with Gasteiger partial charge in [0.05, 0.1) is 5.41 Å². The first-order valence-corrected chi connectivity index (χ1v) is 8.09. The summed E-state index contributed by atoms with van der Waals surface area (Å²) in [5.74, 6) is 0.474. The predicted octanol–water partition coefficient (Wildman–Crippen LogP) is 2.65. The molecule has 0 atom stereocenters. The van der Waals surface area contributed by atoms with Crippen LogP contribution in [0, 0.1) is 5.41 Å². The van der Waals surface area contributed by atoms with Crippen LogP contribution in [0.2, 0.25) is 0 Å². The number of nitrogens with zero attached hydrogens (tertiary/aromatic N) is 2. The molecule has 1 aromatic rings. The standard InChI is InChI=1S/C17H27N3O2.2ClH/c1-3-17(4-2,13-18)16(22)20-11-9-19(10-12-20)14-5-7-15(21)8-6-14;;/h5-8,21H,3-4,9-13,18H2,1-2H3;2*1H. The number of nitrogens with two attached hydrogens (primary N) is 1. The van der Waals surface area contributed by atoms with Crippen molar-refractivity contribution in [3.8, 4) is 5.75 Å². The van der Waals surface area contributed by atoms with Crippen LogP contribution in [0.25, 0.3) is 0 Å². The first-order valence-electron chi connectivity index (χ1n) is 8.09. The summed E-state index contributed by atoms with van der Waals surface area (Å²) in [6.07, 6.45) is 1.58. The van der Waals surface area contributed by atoms with Gasteiger partial charge in [0.2, 0.25) is 5.91 Å². The van der Waals surface area contributed by atoms with E-state index in [0.717, 1.165) is 44.7 Å². The van der Waals surface area contributed by atoms with Crippen LogP contribution < -0.4 is 10.6 Å². The topological polar surface area (TPSA) is 69.8 Å². The number of carbonyl (C=O) groups excluding carboxylic acids is 1. The molecule has 1 amide bonds. The largest absolute Gasteiger partial charge is 0.508 e. The zero-order chi connectivity index (χ0) is 16.2. The molecule has 0 aromatic heterocycles. The maximum Gasteiger partial charge on any atom is 0.230 e. The lowest BCUT2D eigenvalue weighted by molar-refractivity contribution is -0.142. The highest BCUT2D eigenvalue weighted by molar-refractivity contribution is 5.85. The Morgan fingerprint density at radius 1 is 1.08 bits per heavy atom. The number of hydrogen-bond donors (Lipinski definition) is 2. The monoisotopic (exact) mass is 377 g/mol. The summed E-state index contributed by atoms with van der Waals surface area (Å²) in [6, 6.07) is 7.21. The molecule has 0 spiro atoms. The van der Waals surface area contributed by atoms with Gasteiger partial charge in [0.25, 0.3) is 0 Å². The summed E-state index contributed by atoms with van der Waals surface area (Å²) in [6.45, 7) is 7.57. The zero-order valence-electron chi connectivity index (χ0n) is 14.4. The maximum atomic E-state index is 12.8. The van der Waals surface area contributed by atoms with E-state index in [4.69, 9.17) is 5.73 Å². The molecule has 1 aliphatic heterocycles. The van der Waals surface area contributed by atoms with E-state index in [1.54, 1.807) is 12.1 Å². The van der Waals surface area contributed by atoms with Crippen molar-refractivity contribution in [2.45, 2.75) is 26.7 Å². The Hall–Kier alpha value is -1.17. The van der Waals surface area contributed by atoms with Crippen LogP contribution in [0.3, 0.4) is 0 Å². The highest BCUT2D eigenvalue weighted by Crippen LogP contribution is 2.29. The van der Waals surface area contributed by atoms with Gasteiger partial charge in [-0.3, -0.25) is 4.79 Å². The van der Waals surface area contributed by atoms with Gasteiger partial charge in [-0.15, -0.1) is 24.8 Å². The van der Waals surface area contributed by atoms with E-state index < -0.39 is 5.41 Å². The van der Waals surface area contributed by atoms with Crippen molar-refractivity contribution in [2.24, 2.45) is 11.1 Å². The lowest BCUT2D eigenvalue weighted by atomic mass is 9.81. The molecule has 0 saturated carbocycles. The third-order valence-electron chi connectivity index (χ3n) is 4.98. The quantitative estimate of drug-likeness (QED) is 0.827. The van der Waals surface area contributed by atoms with Crippen molar-refractivity contribution in [3.63, 3.8) is 0 Å². The lowest BCUT2D eigenvalue weighted by Gasteiger charge is -2.41. The number of amides is 1. The van der Waals surface area contributed by atoms with Gasteiger partial charge in [-0.1, -0.05) is 13.8 Å². The van der Waals surface area contributed by atoms with E-state index in [2.05, 4.69) is 4.90 Å². The van der Waals surface area contributed by atoms with Crippen LogP contribution in [-0.2, 0) is 4.79 Å². The van der Waals surface area contributed by atoms with Gasteiger partial charge in [-0.2, -0.15) is 0 Å². The average Bonchev–Trinajstić information content (AvgIpc) is 2.58. The van der Waals surface area contributed by atoms with Crippen molar-refractivity contribution in [1.29, 1.82) is 0 Å². The predicted molar refractivity (Wildman–Crippen MR) is 103 cm³/mol. The number of piperazine rings is 1. The van der Waals surface area contributed by atoms with Crippen LogP contribution in [0.5, 0.6) is 5.75 Å². The summed E-state index contributed by atoms with van der Waals surface area (Å²) < 4.78 is 0. The number of aromatic hydroxyl groups is 1. The molecule has 5 nitrogen and oxygen atoms in total. The van der Waals surface area contributed by atoms with Crippen molar-refractivity contribution in [3.05, 3.63) is 24.3 Å². The van der Waals surface area contributed by atoms with E-state index >= 15 is 0 Å². The molecule has 1 aromatic carbocycles. The van der Waals surface area contributed by atoms with E-state index in [1.807, 2.05) is 30.9 Å². The summed E-state index contributed by atoms with van der Waals surface area (Å²) in [4.78, 5) is 17.0. The molecular weight excluding hydrogens is 349 g/mol. The first-order chi connectivity index (χ1) is 10.6. The third-order valence-corrected chi connectivity index (χ3v) is 4.98. The Labute approximate surface area is 157 Å². The molecule has 0 bridgehead atoms. The second kappa shape index (κ2) is 9.97. The number of anilines is 1. The minimum absolute atomic E-state index is 0. The summed E-state index contributed by atoms with van der Waals surface area (Å²) >= 11 is 0. The van der Waals surface area contributed by atoms with Gasteiger partial charge in [0.15, 0.2) is 0 Å². The molecule has 3 N–H and O–H groups in total. The van der Waals surface area contributed by atoms with Gasteiger partial charge >= 0.3 is 0 Å². The first kappa shape index (κ1) is 22.8. The number of rotatable bonds is 5. The van der Waals surface area contributed by atoms with E-state index in [0.29, 0.717) is 6.54 Å². The minimum atomic E-state index is -0.402. The highest BCUT2D eigenvalue weighted by atomic mass is 35.5. The summed E-state index contributed by atoms with van der Waals surface area (Å²) in [7, 11) is 0. The highest BCUT2D eigenvalue weighted by Gasteiger charge is 2.37. The number of carbonyl (C=O) groups is 1. The van der Waals surface area contributed by atoms with Crippen molar-refractivity contribution >= 4 is 36.4 Å².